The first-order chi connectivity index (χ1) is 14.3. The van der Waals surface area contributed by atoms with Crippen molar-refractivity contribution in [1.29, 1.82) is 0 Å². The summed E-state index contributed by atoms with van der Waals surface area (Å²) in [6.07, 6.45) is 0.119. The molecule has 4 amide bonds. The number of imide groups is 2. The molecule has 8 heteroatoms. The molecule has 0 saturated carbocycles. The van der Waals surface area contributed by atoms with E-state index in [2.05, 4.69) is 0 Å². The molecule has 152 valence electrons. The highest BCUT2D eigenvalue weighted by atomic mass is 16.7. The van der Waals surface area contributed by atoms with Gasteiger partial charge >= 0.3 is 5.97 Å². The van der Waals surface area contributed by atoms with Gasteiger partial charge in [-0.15, -0.1) is 0 Å². The first-order valence-electron chi connectivity index (χ1n) is 9.47. The molecule has 2 aromatic carbocycles. The standard InChI is InChI=1S/C22H18N2O6/c1-12(2)11-17(23-18(25)13-7-3-4-8-14(13)19(23)26)22(29)30-24-20(27)15-9-5-6-10-16(15)21(24)28/h3-10,12,17H,11H2,1-2H3. The molecule has 2 aromatic rings. The van der Waals surface area contributed by atoms with E-state index in [1.807, 2.05) is 13.8 Å². The summed E-state index contributed by atoms with van der Waals surface area (Å²) in [6.45, 7) is 3.64. The lowest BCUT2D eigenvalue weighted by molar-refractivity contribution is -0.173. The maximum atomic E-state index is 13.0. The highest BCUT2D eigenvalue weighted by Crippen LogP contribution is 2.29. The van der Waals surface area contributed by atoms with E-state index in [0.717, 1.165) is 4.90 Å². The fourth-order valence-electron chi connectivity index (χ4n) is 3.65. The van der Waals surface area contributed by atoms with Crippen LogP contribution in [-0.2, 0) is 9.63 Å². The van der Waals surface area contributed by atoms with Gasteiger partial charge in [0.15, 0.2) is 0 Å². The maximum Gasteiger partial charge on any atom is 0.356 e. The minimum atomic E-state index is -1.28. The number of carbonyl (C=O) groups excluding carboxylic acids is 5. The van der Waals surface area contributed by atoms with Crippen molar-refractivity contribution in [2.24, 2.45) is 5.92 Å². The molecule has 2 heterocycles. The number of fused-ring (bicyclic) bond motifs is 2. The molecule has 0 bridgehead atoms. The van der Waals surface area contributed by atoms with Crippen molar-refractivity contribution in [2.45, 2.75) is 26.3 Å². The number of hydroxylamine groups is 2. The van der Waals surface area contributed by atoms with E-state index in [-0.39, 0.29) is 34.6 Å². The average molecular weight is 406 g/mol. The zero-order valence-electron chi connectivity index (χ0n) is 16.3. The van der Waals surface area contributed by atoms with Crippen LogP contribution in [0, 0.1) is 5.92 Å². The van der Waals surface area contributed by atoms with Crippen LogP contribution in [0.15, 0.2) is 48.5 Å². The smallest absolute Gasteiger partial charge is 0.327 e. The van der Waals surface area contributed by atoms with Crippen molar-refractivity contribution in [3.63, 3.8) is 0 Å². The number of hydrogen-bond acceptors (Lipinski definition) is 6. The van der Waals surface area contributed by atoms with E-state index in [9.17, 15) is 24.0 Å². The van der Waals surface area contributed by atoms with E-state index in [1.54, 1.807) is 24.3 Å². The summed E-state index contributed by atoms with van der Waals surface area (Å²) < 4.78 is 0. The second-order valence-corrected chi connectivity index (χ2v) is 7.53. The summed E-state index contributed by atoms with van der Waals surface area (Å²) in [5.41, 5.74) is 0.641. The van der Waals surface area contributed by atoms with Gasteiger partial charge in [0, 0.05) is 0 Å². The number of carbonyl (C=O) groups is 5. The van der Waals surface area contributed by atoms with Crippen molar-refractivity contribution < 1.29 is 28.8 Å². The third kappa shape index (κ3) is 2.97. The fraction of sp³-hybridized carbons (Fsp3) is 0.227. The van der Waals surface area contributed by atoms with Crippen LogP contribution in [0.4, 0.5) is 0 Å². The van der Waals surface area contributed by atoms with Crippen molar-refractivity contribution in [1.82, 2.24) is 9.96 Å². The molecule has 8 nitrogen and oxygen atoms in total. The summed E-state index contributed by atoms with van der Waals surface area (Å²) in [4.78, 5) is 69.6. The van der Waals surface area contributed by atoms with Crippen molar-refractivity contribution >= 4 is 29.6 Å². The number of hydrogen-bond donors (Lipinski definition) is 0. The number of benzene rings is 2. The topological polar surface area (TPSA) is 101 Å². The van der Waals surface area contributed by atoms with Gasteiger partial charge in [0.25, 0.3) is 23.6 Å². The van der Waals surface area contributed by atoms with Crippen molar-refractivity contribution in [3.05, 3.63) is 70.8 Å². The van der Waals surface area contributed by atoms with E-state index in [4.69, 9.17) is 4.84 Å². The summed E-state index contributed by atoms with van der Waals surface area (Å²) in [5, 5.41) is 0.387. The third-order valence-electron chi connectivity index (χ3n) is 5.04. The van der Waals surface area contributed by atoms with Gasteiger partial charge in [0.1, 0.15) is 6.04 Å². The molecule has 2 aliphatic rings. The summed E-state index contributed by atoms with van der Waals surface area (Å²) in [7, 11) is 0. The molecule has 0 fully saturated rings. The molecule has 2 aliphatic heterocycles. The molecule has 0 aliphatic carbocycles. The molecular weight excluding hydrogens is 388 g/mol. The first-order valence-corrected chi connectivity index (χ1v) is 9.47. The maximum absolute atomic E-state index is 13.0. The Bertz CT molecular complexity index is 1040. The lowest BCUT2D eigenvalue weighted by Crippen LogP contribution is -2.48. The van der Waals surface area contributed by atoms with Crippen molar-refractivity contribution in [3.8, 4) is 0 Å². The Morgan fingerprint density at radius 3 is 1.57 bits per heavy atom. The van der Waals surface area contributed by atoms with Gasteiger partial charge in [0.05, 0.1) is 22.3 Å². The predicted molar refractivity (Wildman–Crippen MR) is 103 cm³/mol. The van der Waals surface area contributed by atoms with Crippen LogP contribution in [0.1, 0.15) is 61.7 Å². The molecule has 30 heavy (non-hydrogen) atoms. The molecule has 0 radical (unpaired) electrons. The van der Waals surface area contributed by atoms with Crippen LogP contribution in [0.25, 0.3) is 0 Å². The Labute approximate surface area is 172 Å². The van der Waals surface area contributed by atoms with Gasteiger partial charge in [-0.1, -0.05) is 43.2 Å². The second kappa shape index (κ2) is 7.22. The lowest BCUT2D eigenvalue weighted by Gasteiger charge is -2.26. The highest BCUT2D eigenvalue weighted by molar-refractivity contribution is 6.23. The van der Waals surface area contributed by atoms with E-state index < -0.39 is 35.6 Å². The van der Waals surface area contributed by atoms with Gasteiger partial charge in [-0.05, 0) is 36.6 Å². The van der Waals surface area contributed by atoms with Crippen LogP contribution >= 0.6 is 0 Å². The quantitative estimate of drug-likeness (QED) is 0.707. The summed E-state index contributed by atoms with van der Waals surface area (Å²) in [6, 6.07) is 11.1. The van der Waals surface area contributed by atoms with Gasteiger partial charge in [-0.2, -0.15) is 0 Å². The van der Waals surface area contributed by atoms with Crippen LogP contribution in [0.2, 0.25) is 0 Å². The first kappa shape index (κ1) is 19.5. The Kier molecular flexibility index (Phi) is 4.69. The largest absolute Gasteiger partial charge is 0.356 e. The lowest BCUT2D eigenvalue weighted by atomic mass is 10.0. The van der Waals surface area contributed by atoms with Gasteiger partial charge in [-0.3, -0.25) is 24.1 Å². The van der Waals surface area contributed by atoms with E-state index in [0.29, 0.717) is 5.06 Å². The molecule has 0 saturated heterocycles. The SMILES string of the molecule is CC(C)CC(C(=O)ON1C(=O)c2ccccc2C1=O)N1C(=O)c2ccccc2C1=O. The molecular formula is C22H18N2O6. The molecule has 4 rings (SSSR count). The Hall–Kier alpha value is -3.81. The van der Waals surface area contributed by atoms with Gasteiger partial charge in [0.2, 0.25) is 0 Å². The van der Waals surface area contributed by atoms with E-state index in [1.165, 1.54) is 24.3 Å². The summed E-state index contributed by atoms with van der Waals surface area (Å²) in [5.74, 6) is -3.85. The third-order valence-corrected chi connectivity index (χ3v) is 5.04. The molecule has 0 aromatic heterocycles. The molecule has 1 unspecified atom stereocenters. The number of amides is 4. The average Bonchev–Trinajstić information content (AvgIpc) is 3.12. The molecule has 1 atom stereocenters. The van der Waals surface area contributed by atoms with Crippen LogP contribution in [0.3, 0.4) is 0 Å². The van der Waals surface area contributed by atoms with Crippen LogP contribution in [-0.4, -0.2) is 45.6 Å². The fourth-order valence-corrected chi connectivity index (χ4v) is 3.65. The normalized spacial score (nSPS) is 16.2. The zero-order valence-corrected chi connectivity index (χ0v) is 16.3. The van der Waals surface area contributed by atoms with Gasteiger partial charge < -0.3 is 4.84 Å². The van der Waals surface area contributed by atoms with Crippen LogP contribution < -0.4 is 0 Å². The van der Waals surface area contributed by atoms with Crippen molar-refractivity contribution in [2.75, 3.05) is 0 Å². The Morgan fingerprint density at radius 2 is 1.17 bits per heavy atom. The highest BCUT2D eigenvalue weighted by Gasteiger charge is 2.46. The number of nitrogens with zero attached hydrogens (tertiary/aromatic N) is 2. The Balaban J connectivity index is 1.62. The second-order valence-electron chi connectivity index (χ2n) is 7.53. The predicted octanol–water partition coefficient (Wildman–Crippen LogP) is 2.45. The van der Waals surface area contributed by atoms with Gasteiger partial charge in [-0.25, -0.2) is 4.79 Å². The zero-order chi connectivity index (χ0) is 21.6. The monoisotopic (exact) mass is 406 g/mol. The minimum absolute atomic E-state index is 0.0750. The molecule has 0 N–H and O–H groups in total. The van der Waals surface area contributed by atoms with Crippen LogP contribution in [0.5, 0.6) is 0 Å². The number of rotatable bonds is 5. The summed E-state index contributed by atoms with van der Waals surface area (Å²) >= 11 is 0. The minimum Gasteiger partial charge on any atom is -0.327 e. The van der Waals surface area contributed by atoms with E-state index >= 15 is 0 Å². The molecule has 0 spiro atoms. The Morgan fingerprint density at radius 1 is 0.767 bits per heavy atom.